The molecule has 0 heteroatoms. The molecule has 0 unspecified atom stereocenters. The molecule has 0 amide bonds. The smallest absolute Gasteiger partial charge is 0.0316 e. The van der Waals surface area contributed by atoms with Gasteiger partial charge in [-0.3, -0.25) is 0 Å². The van der Waals surface area contributed by atoms with Crippen molar-refractivity contribution in [3.63, 3.8) is 0 Å². The first-order valence-corrected chi connectivity index (χ1v) is 5.21. The molecule has 12 heavy (non-hydrogen) atoms. The van der Waals surface area contributed by atoms with Gasteiger partial charge in [0.1, 0.15) is 0 Å². The third-order valence-electron chi connectivity index (χ3n) is 2.07. The number of hydrogen-bond acceptors (Lipinski definition) is 0. The highest BCUT2D eigenvalue weighted by Gasteiger charge is 1.93. The van der Waals surface area contributed by atoms with E-state index in [-0.39, 0.29) is 0 Å². The maximum Gasteiger partial charge on any atom is -0.0316 e. The second kappa shape index (κ2) is 8.83. The molecule has 0 aromatic rings. The lowest BCUT2D eigenvalue weighted by molar-refractivity contribution is 0.521. The SMILES string of the molecule is [CH2]/C=C/CCCCCCC(C)C. The molecule has 0 saturated heterocycles. The molecular formula is C12H23. The Morgan fingerprint density at radius 2 is 1.75 bits per heavy atom. The van der Waals surface area contributed by atoms with Crippen molar-refractivity contribution < 1.29 is 0 Å². The van der Waals surface area contributed by atoms with Crippen LogP contribution in [0.4, 0.5) is 0 Å². The summed E-state index contributed by atoms with van der Waals surface area (Å²) in [7, 11) is 0. The van der Waals surface area contributed by atoms with E-state index in [1.807, 2.05) is 6.08 Å². The van der Waals surface area contributed by atoms with E-state index in [0.29, 0.717) is 0 Å². The Kier molecular flexibility index (Phi) is 8.64. The molecule has 0 rings (SSSR count). The largest absolute Gasteiger partial charge is 0.0885 e. The van der Waals surface area contributed by atoms with Gasteiger partial charge in [-0.05, 0) is 25.7 Å². The summed E-state index contributed by atoms with van der Waals surface area (Å²) in [6.07, 6.45) is 12.2. The molecule has 0 aromatic heterocycles. The molecular weight excluding hydrogens is 144 g/mol. The zero-order valence-corrected chi connectivity index (χ0v) is 8.68. The highest BCUT2D eigenvalue weighted by molar-refractivity contribution is 4.83. The monoisotopic (exact) mass is 167 g/mol. The third-order valence-corrected chi connectivity index (χ3v) is 2.07. The molecule has 0 bridgehead atoms. The normalized spacial score (nSPS) is 11.7. The van der Waals surface area contributed by atoms with Gasteiger partial charge in [0.2, 0.25) is 0 Å². The van der Waals surface area contributed by atoms with Gasteiger partial charge in [-0.2, -0.15) is 0 Å². The van der Waals surface area contributed by atoms with Crippen molar-refractivity contribution >= 4 is 0 Å². The van der Waals surface area contributed by atoms with Gasteiger partial charge < -0.3 is 0 Å². The average molecular weight is 167 g/mol. The van der Waals surface area contributed by atoms with E-state index in [1.165, 1.54) is 38.5 Å². The van der Waals surface area contributed by atoms with Gasteiger partial charge >= 0.3 is 0 Å². The van der Waals surface area contributed by atoms with Crippen LogP contribution < -0.4 is 0 Å². The average Bonchev–Trinajstić information content (AvgIpc) is 2.02. The van der Waals surface area contributed by atoms with Gasteiger partial charge in [0.05, 0.1) is 0 Å². The number of unbranched alkanes of at least 4 members (excludes halogenated alkanes) is 4. The second-order valence-corrected chi connectivity index (χ2v) is 3.86. The lowest BCUT2D eigenvalue weighted by Gasteiger charge is -2.02. The van der Waals surface area contributed by atoms with Crippen molar-refractivity contribution in [3.8, 4) is 0 Å². The maximum atomic E-state index is 3.66. The Labute approximate surface area is 78.1 Å². The predicted molar refractivity (Wildman–Crippen MR) is 57.0 cm³/mol. The minimum absolute atomic E-state index is 0.879. The van der Waals surface area contributed by atoms with Gasteiger partial charge in [0.25, 0.3) is 0 Å². The number of allylic oxidation sites excluding steroid dienone is 2. The van der Waals surface area contributed by atoms with Crippen LogP contribution in [0.1, 0.15) is 52.4 Å². The van der Waals surface area contributed by atoms with Crippen molar-refractivity contribution in [3.05, 3.63) is 19.1 Å². The van der Waals surface area contributed by atoms with E-state index in [4.69, 9.17) is 0 Å². The van der Waals surface area contributed by atoms with E-state index >= 15 is 0 Å². The number of hydrogen-bond donors (Lipinski definition) is 0. The molecule has 0 nitrogen and oxygen atoms in total. The zero-order valence-electron chi connectivity index (χ0n) is 8.68. The van der Waals surface area contributed by atoms with Crippen molar-refractivity contribution in [1.82, 2.24) is 0 Å². The summed E-state index contributed by atoms with van der Waals surface area (Å²) in [6.45, 7) is 8.26. The minimum Gasteiger partial charge on any atom is -0.0885 e. The first-order chi connectivity index (χ1) is 5.77. The van der Waals surface area contributed by atoms with Crippen molar-refractivity contribution in [2.45, 2.75) is 52.4 Å². The Morgan fingerprint density at radius 1 is 1.08 bits per heavy atom. The summed E-state index contributed by atoms with van der Waals surface area (Å²) >= 11 is 0. The molecule has 71 valence electrons. The molecule has 0 aliphatic carbocycles. The second-order valence-electron chi connectivity index (χ2n) is 3.86. The molecule has 1 radical (unpaired) electrons. The Hall–Kier alpha value is -0.260. The van der Waals surface area contributed by atoms with Crippen molar-refractivity contribution in [2.24, 2.45) is 5.92 Å². The molecule has 0 saturated carbocycles. The molecule has 0 spiro atoms. The molecule has 0 fully saturated rings. The Balaban J connectivity index is 2.91. The summed E-state index contributed by atoms with van der Waals surface area (Å²) in [5.41, 5.74) is 0. The van der Waals surface area contributed by atoms with E-state index in [0.717, 1.165) is 5.92 Å². The number of rotatable bonds is 7. The van der Waals surface area contributed by atoms with Crippen LogP contribution in [0.15, 0.2) is 12.2 Å². The van der Waals surface area contributed by atoms with Crippen molar-refractivity contribution in [2.75, 3.05) is 0 Å². The third kappa shape index (κ3) is 9.74. The molecule has 0 aliphatic rings. The topological polar surface area (TPSA) is 0 Å². The van der Waals surface area contributed by atoms with Gasteiger partial charge in [0, 0.05) is 0 Å². The quantitative estimate of drug-likeness (QED) is 0.494. The molecule has 0 aliphatic heterocycles. The van der Waals surface area contributed by atoms with Crippen LogP contribution in [-0.2, 0) is 0 Å². The highest BCUT2D eigenvalue weighted by Crippen LogP contribution is 2.10. The fourth-order valence-electron chi connectivity index (χ4n) is 1.29. The zero-order chi connectivity index (χ0) is 9.23. The van der Waals surface area contributed by atoms with E-state index in [1.54, 1.807) is 0 Å². The fourth-order valence-corrected chi connectivity index (χ4v) is 1.29. The summed E-state index contributed by atoms with van der Waals surface area (Å²) in [5, 5.41) is 0. The molecule has 0 heterocycles. The van der Waals surface area contributed by atoms with Crippen LogP contribution in [-0.4, -0.2) is 0 Å². The highest BCUT2D eigenvalue weighted by atomic mass is 14.0. The summed E-state index contributed by atoms with van der Waals surface area (Å²) in [4.78, 5) is 0. The van der Waals surface area contributed by atoms with Gasteiger partial charge in [0.15, 0.2) is 0 Å². The predicted octanol–water partition coefficient (Wildman–Crippen LogP) is 4.37. The van der Waals surface area contributed by atoms with Crippen LogP contribution in [0.2, 0.25) is 0 Å². The lowest BCUT2D eigenvalue weighted by atomic mass is 10.0. The summed E-state index contributed by atoms with van der Waals surface area (Å²) < 4.78 is 0. The molecule has 0 aromatic carbocycles. The standard InChI is InChI=1S/C12H23/c1-4-5-6-7-8-9-10-11-12(2)3/h4-5,12H,1,6-11H2,2-3H3/b5-4+. The van der Waals surface area contributed by atoms with Crippen LogP contribution >= 0.6 is 0 Å². The van der Waals surface area contributed by atoms with Crippen molar-refractivity contribution in [1.29, 1.82) is 0 Å². The van der Waals surface area contributed by atoms with Crippen LogP contribution in [0.3, 0.4) is 0 Å². The molecule has 0 atom stereocenters. The first kappa shape index (κ1) is 11.7. The van der Waals surface area contributed by atoms with Gasteiger partial charge in [-0.1, -0.05) is 51.7 Å². The van der Waals surface area contributed by atoms with E-state index < -0.39 is 0 Å². The van der Waals surface area contributed by atoms with Gasteiger partial charge in [-0.25, -0.2) is 0 Å². The van der Waals surface area contributed by atoms with Crippen LogP contribution in [0, 0.1) is 12.8 Å². The van der Waals surface area contributed by atoms with Gasteiger partial charge in [-0.15, -0.1) is 0 Å². The molecule has 0 N–H and O–H groups in total. The fraction of sp³-hybridized carbons (Fsp3) is 0.750. The Bertz CT molecular complexity index is 101. The minimum atomic E-state index is 0.879. The first-order valence-electron chi connectivity index (χ1n) is 5.21. The summed E-state index contributed by atoms with van der Waals surface area (Å²) in [6, 6.07) is 0. The lowest BCUT2D eigenvalue weighted by Crippen LogP contribution is -1.86. The van der Waals surface area contributed by atoms with Crippen LogP contribution in [0.5, 0.6) is 0 Å². The van der Waals surface area contributed by atoms with Crippen LogP contribution in [0.25, 0.3) is 0 Å². The maximum absolute atomic E-state index is 3.66. The Morgan fingerprint density at radius 3 is 2.33 bits per heavy atom. The van der Waals surface area contributed by atoms with E-state index in [9.17, 15) is 0 Å². The van der Waals surface area contributed by atoms with E-state index in [2.05, 4.69) is 26.8 Å². The summed E-state index contributed by atoms with van der Waals surface area (Å²) in [5.74, 6) is 0.879.